The van der Waals surface area contributed by atoms with Crippen LogP contribution in [0.1, 0.15) is 28.4 Å². The maximum atomic E-state index is 12.6. The lowest BCUT2D eigenvalue weighted by atomic mass is 10.1. The average molecular weight is 343 g/mol. The van der Waals surface area contributed by atoms with Gasteiger partial charge in [0.15, 0.2) is 0 Å². The van der Waals surface area contributed by atoms with Gasteiger partial charge in [0.2, 0.25) is 5.91 Å². The summed E-state index contributed by atoms with van der Waals surface area (Å²) in [6.45, 7) is 4.19. The van der Waals surface area contributed by atoms with E-state index in [0.717, 1.165) is 16.0 Å². The first-order valence-corrected chi connectivity index (χ1v) is 8.63. The Hall–Kier alpha value is -2.27. The highest BCUT2D eigenvalue weighted by Crippen LogP contribution is 2.37. The van der Waals surface area contributed by atoms with Crippen molar-refractivity contribution in [2.75, 3.05) is 6.54 Å². The molecule has 0 spiro atoms. The zero-order chi connectivity index (χ0) is 17.5. The van der Waals surface area contributed by atoms with Crippen molar-refractivity contribution in [3.63, 3.8) is 0 Å². The van der Waals surface area contributed by atoms with Gasteiger partial charge in [0.1, 0.15) is 5.25 Å². The van der Waals surface area contributed by atoms with Gasteiger partial charge in [-0.1, -0.05) is 48.0 Å². The molecule has 0 saturated heterocycles. The monoisotopic (exact) mass is 343 g/mol. The van der Waals surface area contributed by atoms with Gasteiger partial charge in [-0.05, 0) is 31.0 Å². The van der Waals surface area contributed by atoms with Crippen molar-refractivity contribution in [1.29, 1.82) is 0 Å². The number of carbonyl (C=O) groups is 2. The van der Waals surface area contributed by atoms with Crippen LogP contribution < -0.4 is 5.32 Å². The largest absolute Gasteiger partial charge is 0.481 e. The molecular weight excluding hydrogens is 322 g/mol. The lowest BCUT2D eigenvalue weighted by Crippen LogP contribution is -2.30. The number of aryl methyl sites for hydroxylation is 2. The number of rotatable bonds is 7. The molecule has 2 N–H and O–H groups in total. The van der Waals surface area contributed by atoms with Crippen LogP contribution in [0.25, 0.3) is 0 Å². The molecule has 2 aromatic rings. The van der Waals surface area contributed by atoms with Gasteiger partial charge in [0, 0.05) is 11.4 Å². The van der Waals surface area contributed by atoms with Crippen LogP contribution in [0.15, 0.2) is 53.4 Å². The van der Waals surface area contributed by atoms with E-state index in [9.17, 15) is 9.59 Å². The zero-order valence-corrected chi connectivity index (χ0v) is 14.6. The SMILES string of the molecule is Cc1ccc(SC(C(=O)NCCC(=O)O)c2ccccc2)c(C)c1. The number of thioether (sulfide) groups is 1. The van der Waals surface area contributed by atoms with E-state index < -0.39 is 11.2 Å². The molecule has 0 saturated carbocycles. The Balaban J connectivity index is 2.20. The fraction of sp³-hybridized carbons (Fsp3) is 0.263. The van der Waals surface area contributed by atoms with Crippen molar-refractivity contribution < 1.29 is 14.7 Å². The molecule has 0 aliphatic rings. The number of carboxylic acid groups (broad SMARTS) is 1. The molecule has 126 valence electrons. The van der Waals surface area contributed by atoms with Crippen LogP contribution >= 0.6 is 11.8 Å². The Bertz CT molecular complexity index is 716. The summed E-state index contributed by atoms with van der Waals surface area (Å²) in [4.78, 5) is 24.3. The summed E-state index contributed by atoms with van der Waals surface area (Å²) in [7, 11) is 0. The molecule has 0 radical (unpaired) electrons. The van der Waals surface area contributed by atoms with E-state index in [1.165, 1.54) is 17.3 Å². The minimum absolute atomic E-state index is 0.0819. The number of carbonyl (C=O) groups excluding carboxylic acids is 1. The predicted molar refractivity (Wildman–Crippen MR) is 96.2 cm³/mol. The van der Waals surface area contributed by atoms with Crippen molar-refractivity contribution in [3.8, 4) is 0 Å². The number of benzene rings is 2. The third-order valence-electron chi connectivity index (χ3n) is 3.55. The molecule has 2 aromatic carbocycles. The smallest absolute Gasteiger partial charge is 0.305 e. The van der Waals surface area contributed by atoms with E-state index >= 15 is 0 Å². The van der Waals surface area contributed by atoms with Crippen molar-refractivity contribution in [2.45, 2.75) is 30.4 Å². The third kappa shape index (κ3) is 5.13. The van der Waals surface area contributed by atoms with Crippen LogP contribution in [0.2, 0.25) is 0 Å². The van der Waals surface area contributed by atoms with Crippen LogP contribution in [0, 0.1) is 13.8 Å². The van der Waals surface area contributed by atoms with Gasteiger partial charge >= 0.3 is 5.97 Å². The number of hydrogen-bond acceptors (Lipinski definition) is 3. The number of aliphatic carboxylic acids is 1. The van der Waals surface area contributed by atoms with E-state index in [1.54, 1.807) is 0 Å². The molecule has 1 atom stereocenters. The number of hydrogen-bond donors (Lipinski definition) is 2. The van der Waals surface area contributed by atoms with E-state index in [1.807, 2.05) is 56.3 Å². The molecule has 5 heteroatoms. The number of amides is 1. The second-order valence-corrected chi connectivity index (χ2v) is 6.76. The first-order chi connectivity index (χ1) is 11.5. The molecule has 0 aromatic heterocycles. The van der Waals surface area contributed by atoms with Crippen LogP contribution in [0.3, 0.4) is 0 Å². The summed E-state index contributed by atoms with van der Waals surface area (Å²) in [5.74, 6) is -1.10. The molecule has 0 aliphatic heterocycles. The van der Waals surface area contributed by atoms with Crippen LogP contribution in [0.4, 0.5) is 0 Å². The van der Waals surface area contributed by atoms with E-state index in [2.05, 4.69) is 11.4 Å². The molecular formula is C19H21NO3S. The average Bonchev–Trinajstić information content (AvgIpc) is 2.54. The van der Waals surface area contributed by atoms with Gasteiger partial charge in [-0.15, -0.1) is 11.8 Å². The summed E-state index contributed by atoms with van der Waals surface area (Å²) in [5, 5.41) is 11.0. The summed E-state index contributed by atoms with van der Waals surface area (Å²) < 4.78 is 0. The molecule has 1 amide bonds. The summed E-state index contributed by atoms with van der Waals surface area (Å²) >= 11 is 1.48. The summed E-state index contributed by atoms with van der Waals surface area (Å²) in [5.41, 5.74) is 3.20. The minimum Gasteiger partial charge on any atom is -0.481 e. The van der Waals surface area contributed by atoms with Crippen molar-refractivity contribution in [1.82, 2.24) is 5.32 Å². The first kappa shape index (κ1) is 18.1. The highest BCUT2D eigenvalue weighted by molar-refractivity contribution is 8.00. The minimum atomic E-state index is -0.923. The third-order valence-corrected chi connectivity index (χ3v) is 4.99. The Morgan fingerprint density at radius 3 is 2.46 bits per heavy atom. The molecule has 0 aliphatic carbocycles. The molecule has 2 rings (SSSR count). The number of carboxylic acids is 1. The Morgan fingerprint density at radius 2 is 1.83 bits per heavy atom. The van der Waals surface area contributed by atoms with E-state index in [4.69, 9.17) is 5.11 Å². The van der Waals surface area contributed by atoms with E-state index in [0.29, 0.717) is 0 Å². The predicted octanol–water partition coefficient (Wildman–Crippen LogP) is 3.73. The van der Waals surface area contributed by atoms with Gasteiger partial charge in [0.25, 0.3) is 0 Å². The van der Waals surface area contributed by atoms with Gasteiger partial charge in [0.05, 0.1) is 6.42 Å². The first-order valence-electron chi connectivity index (χ1n) is 7.75. The van der Waals surface area contributed by atoms with Gasteiger partial charge in [-0.25, -0.2) is 0 Å². The highest BCUT2D eigenvalue weighted by atomic mass is 32.2. The molecule has 4 nitrogen and oxygen atoms in total. The Kier molecular flexibility index (Phi) is 6.44. The van der Waals surface area contributed by atoms with E-state index in [-0.39, 0.29) is 18.9 Å². The van der Waals surface area contributed by atoms with Crippen molar-refractivity contribution >= 4 is 23.6 Å². The zero-order valence-electron chi connectivity index (χ0n) is 13.8. The molecule has 24 heavy (non-hydrogen) atoms. The second-order valence-electron chi connectivity index (χ2n) is 5.61. The van der Waals surface area contributed by atoms with Crippen LogP contribution in [0.5, 0.6) is 0 Å². The lowest BCUT2D eigenvalue weighted by molar-refractivity contribution is -0.136. The Labute approximate surface area is 146 Å². The van der Waals surface area contributed by atoms with Crippen molar-refractivity contribution in [3.05, 3.63) is 65.2 Å². The summed E-state index contributed by atoms with van der Waals surface area (Å²) in [6, 6.07) is 15.7. The Morgan fingerprint density at radius 1 is 1.12 bits per heavy atom. The second kappa shape index (κ2) is 8.55. The number of nitrogens with one attached hydrogen (secondary N) is 1. The maximum absolute atomic E-state index is 12.6. The quantitative estimate of drug-likeness (QED) is 0.752. The normalized spacial score (nSPS) is 11.8. The molecule has 0 heterocycles. The highest BCUT2D eigenvalue weighted by Gasteiger charge is 2.22. The summed E-state index contributed by atoms with van der Waals surface area (Å²) in [6.07, 6.45) is -0.0819. The van der Waals surface area contributed by atoms with Crippen LogP contribution in [-0.2, 0) is 9.59 Å². The molecule has 1 unspecified atom stereocenters. The van der Waals surface area contributed by atoms with Crippen molar-refractivity contribution in [2.24, 2.45) is 0 Å². The maximum Gasteiger partial charge on any atom is 0.305 e. The standard InChI is InChI=1S/C19H21NO3S/c1-13-8-9-16(14(2)12-13)24-18(15-6-4-3-5-7-15)19(23)20-11-10-17(21)22/h3-9,12,18H,10-11H2,1-2H3,(H,20,23)(H,21,22). The lowest BCUT2D eigenvalue weighted by Gasteiger charge is -2.18. The fourth-order valence-electron chi connectivity index (χ4n) is 2.34. The molecule has 0 bridgehead atoms. The van der Waals surface area contributed by atoms with Gasteiger partial charge in [-0.2, -0.15) is 0 Å². The topological polar surface area (TPSA) is 66.4 Å². The fourth-order valence-corrected chi connectivity index (χ4v) is 3.47. The van der Waals surface area contributed by atoms with Crippen LogP contribution in [-0.4, -0.2) is 23.5 Å². The van der Waals surface area contributed by atoms with Gasteiger partial charge in [-0.3, -0.25) is 9.59 Å². The molecule has 0 fully saturated rings. The van der Waals surface area contributed by atoms with Gasteiger partial charge < -0.3 is 10.4 Å².